The lowest BCUT2D eigenvalue weighted by Gasteiger charge is -2.32. The van der Waals surface area contributed by atoms with Crippen molar-refractivity contribution in [1.82, 2.24) is 15.0 Å². The van der Waals surface area contributed by atoms with Crippen LogP contribution in [0.2, 0.25) is 0 Å². The van der Waals surface area contributed by atoms with Gasteiger partial charge < -0.3 is 10.2 Å². The summed E-state index contributed by atoms with van der Waals surface area (Å²) in [7, 11) is 0. The number of anilines is 2. The van der Waals surface area contributed by atoms with Crippen LogP contribution >= 0.6 is 11.8 Å². The fourth-order valence-corrected chi connectivity index (χ4v) is 4.26. The van der Waals surface area contributed by atoms with Gasteiger partial charge in [0.15, 0.2) is 0 Å². The Morgan fingerprint density at radius 1 is 1.17 bits per heavy atom. The molecule has 2 aromatic heterocycles. The van der Waals surface area contributed by atoms with Crippen LogP contribution < -0.4 is 10.2 Å². The van der Waals surface area contributed by atoms with E-state index in [9.17, 15) is 4.79 Å². The third-order valence-corrected chi connectivity index (χ3v) is 6.08. The van der Waals surface area contributed by atoms with Crippen LogP contribution in [0.1, 0.15) is 24.0 Å². The fourth-order valence-electron chi connectivity index (χ4n) is 3.46. The summed E-state index contributed by atoms with van der Waals surface area (Å²) < 4.78 is 0. The summed E-state index contributed by atoms with van der Waals surface area (Å²) in [6.07, 6.45) is 7.16. The molecule has 0 aliphatic carbocycles. The van der Waals surface area contributed by atoms with Crippen molar-refractivity contribution in [2.24, 2.45) is 5.92 Å². The highest BCUT2D eigenvalue weighted by molar-refractivity contribution is 7.98. The monoisotopic (exact) mass is 419 g/mol. The third-order valence-electron chi connectivity index (χ3n) is 5.11. The first-order valence-electron chi connectivity index (χ1n) is 10.1. The predicted octanol–water partition coefficient (Wildman–Crippen LogP) is 4.33. The number of amides is 1. The van der Waals surface area contributed by atoms with Gasteiger partial charge in [0, 0.05) is 25.0 Å². The van der Waals surface area contributed by atoms with Gasteiger partial charge in [-0.1, -0.05) is 36.4 Å². The maximum absolute atomic E-state index is 12.7. The highest BCUT2D eigenvalue weighted by Gasteiger charge is 2.27. The molecule has 1 N–H and O–H groups in total. The van der Waals surface area contributed by atoms with Crippen molar-refractivity contribution < 1.29 is 4.79 Å². The molecule has 1 saturated heterocycles. The van der Waals surface area contributed by atoms with Crippen molar-refractivity contribution in [3.05, 3.63) is 72.2 Å². The topological polar surface area (TPSA) is 71.0 Å². The molecule has 0 bridgehead atoms. The van der Waals surface area contributed by atoms with Crippen LogP contribution in [0.3, 0.4) is 0 Å². The Balaban J connectivity index is 1.37. The van der Waals surface area contributed by atoms with Gasteiger partial charge in [0.25, 0.3) is 0 Å². The van der Waals surface area contributed by atoms with Crippen molar-refractivity contribution >= 4 is 29.3 Å². The minimum absolute atomic E-state index is 0.0126. The smallest absolute Gasteiger partial charge is 0.230 e. The number of nitrogens with one attached hydrogen (secondary N) is 1. The number of hydrogen-bond donors (Lipinski definition) is 1. The van der Waals surface area contributed by atoms with E-state index in [0.29, 0.717) is 12.4 Å². The molecular weight excluding hydrogens is 394 g/mol. The standard InChI is InChI=1S/C23H25N5OS/c1-17-9-10-20(25-12-17)26-23(29)19-8-5-11-28(15-19)21-13-24-14-22(27-21)30-16-18-6-3-2-4-7-18/h2-4,6-7,9-10,12-14,19H,5,8,11,15-16H2,1H3,(H,25,26,29). The molecule has 4 rings (SSSR count). The van der Waals surface area contributed by atoms with Crippen molar-refractivity contribution in [2.75, 3.05) is 23.3 Å². The molecule has 1 atom stereocenters. The number of hydrogen-bond acceptors (Lipinski definition) is 6. The lowest BCUT2D eigenvalue weighted by atomic mass is 9.97. The van der Waals surface area contributed by atoms with E-state index in [1.54, 1.807) is 30.4 Å². The van der Waals surface area contributed by atoms with E-state index >= 15 is 0 Å². The van der Waals surface area contributed by atoms with E-state index < -0.39 is 0 Å². The quantitative estimate of drug-likeness (QED) is 0.600. The van der Waals surface area contributed by atoms with Crippen molar-refractivity contribution in [3.8, 4) is 0 Å². The van der Waals surface area contributed by atoms with Crippen LogP contribution in [-0.2, 0) is 10.5 Å². The summed E-state index contributed by atoms with van der Waals surface area (Å²) in [5.41, 5.74) is 2.33. The molecule has 1 unspecified atom stereocenters. The zero-order valence-electron chi connectivity index (χ0n) is 17.0. The molecule has 1 aliphatic heterocycles. The van der Waals surface area contributed by atoms with Crippen LogP contribution in [0.15, 0.2) is 66.1 Å². The zero-order chi connectivity index (χ0) is 20.8. The second kappa shape index (κ2) is 9.71. The molecule has 0 spiro atoms. The van der Waals surface area contributed by atoms with E-state index in [0.717, 1.165) is 41.5 Å². The van der Waals surface area contributed by atoms with Gasteiger partial charge in [0.1, 0.15) is 16.7 Å². The van der Waals surface area contributed by atoms with Crippen molar-refractivity contribution in [1.29, 1.82) is 0 Å². The Bertz CT molecular complexity index is 980. The number of aromatic nitrogens is 3. The number of piperidine rings is 1. The molecule has 3 heterocycles. The van der Waals surface area contributed by atoms with Gasteiger partial charge in [-0.05, 0) is 37.0 Å². The van der Waals surface area contributed by atoms with Crippen LogP contribution in [-0.4, -0.2) is 33.9 Å². The van der Waals surface area contributed by atoms with Crippen LogP contribution in [0.4, 0.5) is 11.6 Å². The summed E-state index contributed by atoms with van der Waals surface area (Å²) in [4.78, 5) is 28.3. The zero-order valence-corrected chi connectivity index (χ0v) is 17.8. The van der Waals surface area contributed by atoms with Crippen molar-refractivity contribution in [2.45, 2.75) is 30.5 Å². The third kappa shape index (κ3) is 5.36. The molecule has 3 aromatic rings. The Hall–Kier alpha value is -2.93. The van der Waals surface area contributed by atoms with Gasteiger partial charge in [0.05, 0.1) is 18.3 Å². The summed E-state index contributed by atoms with van der Waals surface area (Å²) >= 11 is 1.67. The van der Waals surface area contributed by atoms with Gasteiger partial charge in [-0.15, -0.1) is 11.8 Å². The lowest BCUT2D eigenvalue weighted by Crippen LogP contribution is -2.41. The average Bonchev–Trinajstić information content (AvgIpc) is 2.80. The molecule has 1 amide bonds. The Kier molecular flexibility index (Phi) is 6.59. The number of rotatable bonds is 6. The Morgan fingerprint density at radius 3 is 2.83 bits per heavy atom. The predicted molar refractivity (Wildman–Crippen MR) is 121 cm³/mol. The average molecular weight is 420 g/mol. The van der Waals surface area contributed by atoms with Gasteiger partial charge in [-0.2, -0.15) is 0 Å². The first kappa shape index (κ1) is 20.3. The number of nitrogens with zero attached hydrogens (tertiary/aromatic N) is 4. The van der Waals surface area contributed by atoms with E-state index in [2.05, 4.69) is 32.3 Å². The van der Waals surface area contributed by atoms with Crippen molar-refractivity contribution in [3.63, 3.8) is 0 Å². The summed E-state index contributed by atoms with van der Waals surface area (Å²) in [5, 5.41) is 3.84. The summed E-state index contributed by atoms with van der Waals surface area (Å²) in [6, 6.07) is 14.1. The largest absolute Gasteiger partial charge is 0.355 e. The van der Waals surface area contributed by atoms with E-state index in [-0.39, 0.29) is 11.8 Å². The second-order valence-electron chi connectivity index (χ2n) is 7.48. The van der Waals surface area contributed by atoms with E-state index in [1.807, 2.05) is 37.3 Å². The van der Waals surface area contributed by atoms with Gasteiger partial charge in [0.2, 0.25) is 5.91 Å². The minimum Gasteiger partial charge on any atom is -0.355 e. The minimum atomic E-state index is -0.0933. The Morgan fingerprint density at radius 2 is 2.03 bits per heavy atom. The number of carbonyl (C=O) groups is 1. The Labute approximate surface area is 181 Å². The normalized spacial score (nSPS) is 16.3. The molecular formula is C23H25N5OS. The lowest BCUT2D eigenvalue weighted by molar-refractivity contribution is -0.120. The molecule has 1 fully saturated rings. The number of thioether (sulfide) groups is 1. The van der Waals surface area contributed by atoms with Gasteiger partial charge >= 0.3 is 0 Å². The highest BCUT2D eigenvalue weighted by Crippen LogP contribution is 2.26. The molecule has 0 saturated carbocycles. The molecule has 0 radical (unpaired) electrons. The van der Waals surface area contributed by atoms with E-state index in [4.69, 9.17) is 4.98 Å². The first-order valence-corrected chi connectivity index (χ1v) is 11.1. The highest BCUT2D eigenvalue weighted by atomic mass is 32.2. The number of pyridine rings is 1. The maximum atomic E-state index is 12.7. The first-order chi connectivity index (χ1) is 14.7. The SMILES string of the molecule is Cc1ccc(NC(=O)C2CCCN(c3cncc(SCc4ccccc4)n3)C2)nc1. The van der Waals surface area contributed by atoms with Gasteiger partial charge in [-0.25, -0.2) is 9.97 Å². The number of aryl methyl sites for hydroxylation is 1. The molecule has 154 valence electrons. The molecule has 1 aliphatic rings. The van der Waals surface area contributed by atoms with Crippen LogP contribution in [0.25, 0.3) is 0 Å². The molecule has 1 aromatic carbocycles. The molecule has 30 heavy (non-hydrogen) atoms. The summed E-state index contributed by atoms with van der Waals surface area (Å²) in [5.74, 6) is 2.21. The number of carbonyl (C=O) groups excluding carboxylic acids is 1. The molecule has 7 heteroatoms. The van der Waals surface area contributed by atoms with E-state index in [1.165, 1.54) is 5.56 Å². The van der Waals surface area contributed by atoms with Gasteiger partial charge in [-0.3, -0.25) is 9.78 Å². The molecule has 6 nitrogen and oxygen atoms in total. The number of benzene rings is 1. The fraction of sp³-hybridized carbons (Fsp3) is 0.304. The second-order valence-corrected chi connectivity index (χ2v) is 8.48. The van der Waals surface area contributed by atoms with Crippen LogP contribution in [0, 0.1) is 12.8 Å². The van der Waals surface area contributed by atoms with Crippen LogP contribution in [0.5, 0.6) is 0 Å². The maximum Gasteiger partial charge on any atom is 0.230 e. The summed E-state index contributed by atoms with van der Waals surface area (Å²) in [6.45, 7) is 3.50.